The second-order valence-corrected chi connectivity index (χ2v) is 20.6. The first-order valence-corrected chi connectivity index (χ1v) is 24.5. The van der Waals surface area contributed by atoms with E-state index >= 15 is 0 Å². The smallest absolute Gasteiger partial charge is 0.0102 e. The minimum Gasteiger partial charge on any atom is -0.327 e. The van der Waals surface area contributed by atoms with Crippen LogP contribution in [0.4, 0.5) is 0 Å². The molecular formula is C55H92N4. The first kappa shape index (κ1) is 49.4. The zero-order valence-corrected chi connectivity index (χ0v) is 37.8. The fraction of sp³-hybridized carbons (Fsp3) is 0.709. The van der Waals surface area contributed by atoms with E-state index in [1.807, 2.05) is 0 Å². The molecule has 4 saturated carbocycles. The lowest BCUT2D eigenvalue weighted by Crippen LogP contribution is -2.48. The van der Waals surface area contributed by atoms with E-state index in [1.165, 1.54) is 83.5 Å². The Balaban J connectivity index is 1.73. The molecule has 0 radical (unpaired) electrons. The van der Waals surface area contributed by atoms with Gasteiger partial charge in [-0.3, -0.25) is 0 Å². The molecule has 0 aromatic heterocycles. The topological polar surface area (TPSA) is 104 Å². The van der Waals surface area contributed by atoms with E-state index in [1.54, 1.807) is 0 Å². The summed E-state index contributed by atoms with van der Waals surface area (Å²) < 4.78 is 0. The number of hydrogen-bond donors (Lipinski definition) is 4. The highest BCUT2D eigenvalue weighted by Crippen LogP contribution is 2.52. The molecule has 0 bridgehead atoms. The van der Waals surface area contributed by atoms with Crippen molar-refractivity contribution >= 4 is 0 Å². The van der Waals surface area contributed by atoms with Crippen LogP contribution in [0.5, 0.6) is 0 Å². The summed E-state index contributed by atoms with van der Waals surface area (Å²) in [6.07, 6.45) is 41.1. The highest BCUT2D eigenvalue weighted by atomic mass is 14.7. The van der Waals surface area contributed by atoms with E-state index in [2.05, 4.69) is 101 Å². The number of rotatable bonds is 26. The van der Waals surface area contributed by atoms with Crippen LogP contribution in [-0.4, -0.2) is 24.2 Å². The SMILES string of the molecule is C=CCC1CC(CCCC(C2CC(CC=C)C(N)C(CC=C)C2)C(CCC2CC(CC=C)C(N)C(CC=C)C2)C2CC(CC=C)C(N)C(CC=C)C2)CC(CC=C)C1N. The Kier molecular flexibility index (Phi) is 21.5. The summed E-state index contributed by atoms with van der Waals surface area (Å²) in [7, 11) is 0. The lowest BCUT2D eigenvalue weighted by atomic mass is 9.57. The molecule has 0 aliphatic heterocycles. The van der Waals surface area contributed by atoms with Crippen LogP contribution in [0.1, 0.15) is 135 Å². The van der Waals surface area contributed by atoms with Gasteiger partial charge in [0.25, 0.3) is 0 Å². The van der Waals surface area contributed by atoms with Crippen molar-refractivity contribution in [3.8, 4) is 0 Å². The molecule has 0 heterocycles. The average Bonchev–Trinajstić information content (AvgIpc) is 3.21. The maximum absolute atomic E-state index is 7.15. The molecule has 10 unspecified atom stereocenters. The van der Waals surface area contributed by atoms with Gasteiger partial charge in [-0.1, -0.05) is 67.9 Å². The first-order valence-electron chi connectivity index (χ1n) is 24.5. The molecular weight excluding hydrogens is 717 g/mol. The third-order valence-corrected chi connectivity index (χ3v) is 16.9. The molecule has 10 atom stereocenters. The van der Waals surface area contributed by atoms with Gasteiger partial charge in [0.1, 0.15) is 0 Å². The molecule has 4 rings (SSSR count). The molecule has 0 aromatic carbocycles. The van der Waals surface area contributed by atoms with E-state index in [-0.39, 0.29) is 24.2 Å². The summed E-state index contributed by atoms with van der Waals surface area (Å²) in [5, 5.41) is 0. The van der Waals surface area contributed by atoms with Crippen molar-refractivity contribution in [2.75, 3.05) is 0 Å². The maximum atomic E-state index is 7.15. The number of hydrogen-bond acceptors (Lipinski definition) is 4. The van der Waals surface area contributed by atoms with Crippen LogP contribution >= 0.6 is 0 Å². The standard InChI is InChI=1S/C55H92N4/c1-9-18-40-30-38(31-41(19-10-2)52(40)56)26-17-27-50(48-34-44(22-13-5)54(58)45(35-48)23-14-6)51(49-36-46(24-15-7)55(59)47(37-49)25-16-8)29-28-39-32-42(20-11-3)53(57)43(33-39)21-12-4/h9-16,38-55H,1-8,17-37,56-59H2. The fourth-order valence-electron chi connectivity index (χ4n) is 14.0. The molecule has 4 aliphatic carbocycles. The van der Waals surface area contributed by atoms with Crippen molar-refractivity contribution in [1.29, 1.82) is 0 Å². The Morgan fingerprint density at radius 3 is 0.847 bits per heavy atom. The van der Waals surface area contributed by atoms with E-state index < -0.39 is 0 Å². The lowest BCUT2D eigenvalue weighted by molar-refractivity contribution is 0.0204. The van der Waals surface area contributed by atoms with Crippen LogP contribution < -0.4 is 22.9 Å². The number of allylic oxidation sites excluding steroid dienone is 8. The molecule has 332 valence electrons. The van der Waals surface area contributed by atoms with Gasteiger partial charge in [-0.25, -0.2) is 0 Å². The summed E-state index contributed by atoms with van der Waals surface area (Å²) in [6, 6.07) is 0.872. The predicted molar refractivity (Wildman–Crippen MR) is 259 cm³/mol. The van der Waals surface area contributed by atoms with Crippen molar-refractivity contribution in [3.05, 3.63) is 101 Å². The van der Waals surface area contributed by atoms with Gasteiger partial charge in [-0.2, -0.15) is 0 Å². The second-order valence-electron chi connectivity index (χ2n) is 20.6. The first-order chi connectivity index (χ1) is 28.6. The predicted octanol–water partition coefficient (Wildman–Crippen LogP) is 12.7. The van der Waals surface area contributed by atoms with E-state index in [0.29, 0.717) is 82.9 Å². The van der Waals surface area contributed by atoms with Crippen LogP contribution in [0.2, 0.25) is 0 Å². The largest absolute Gasteiger partial charge is 0.327 e. The monoisotopic (exact) mass is 809 g/mol. The van der Waals surface area contributed by atoms with Crippen LogP contribution in [0.3, 0.4) is 0 Å². The molecule has 4 nitrogen and oxygen atoms in total. The van der Waals surface area contributed by atoms with E-state index in [4.69, 9.17) is 22.9 Å². The summed E-state index contributed by atoms with van der Waals surface area (Å²) >= 11 is 0. The highest BCUT2D eigenvalue weighted by Gasteiger charge is 2.46. The zero-order chi connectivity index (χ0) is 42.9. The lowest BCUT2D eigenvalue weighted by Gasteiger charge is -2.50. The molecule has 59 heavy (non-hydrogen) atoms. The van der Waals surface area contributed by atoms with Crippen LogP contribution in [0, 0.1) is 82.9 Å². The molecule has 0 saturated heterocycles. The van der Waals surface area contributed by atoms with Crippen LogP contribution in [0.25, 0.3) is 0 Å². The van der Waals surface area contributed by atoms with Gasteiger partial charge in [0.05, 0.1) is 0 Å². The fourth-order valence-corrected chi connectivity index (χ4v) is 14.0. The minimum atomic E-state index is 0.201. The highest BCUT2D eigenvalue weighted by molar-refractivity contribution is 5.02. The maximum Gasteiger partial charge on any atom is 0.0102 e. The molecule has 0 amide bonds. The number of nitrogens with two attached hydrogens (primary N) is 4. The van der Waals surface area contributed by atoms with Crippen molar-refractivity contribution in [2.45, 2.75) is 159 Å². The van der Waals surface area contributed by atoms with Gasteiger partial charge in [-0.05, 0) is 198 Å². The van der Waals surface area contributed by atoms with Crippen molar-refractivity contribution in [3.63, 3.8) is 0 Å². The van der Waals surface area contributed by atoms with E-state index in [9.17, 15) is 0 Å². The zero-order valence-electron chi connectivity index (χ0n) is 37.8. The van der Waals surface area contributed by atoms with Gasteiger partial charge >= 0.3 is 0 Å². The van der Waals surface area contributed by atoms with Crippen LogP contribution in [-0.2, 0) is 0 Å². The molecule has 4 fully saturated rings. The second kappa shape index (κ2) is 25.6. The van der Waals surface area contributed by atoms with Gasteiger partial charge in [0.15, 0.2) is 0 Å². The van der Waals surface area contributed by atoms with Gasteiger partial charge in [0, 0.05) is 24.2 Å². The quantitative estimate of drug-likeness (QED) is 0.0653. The Labute approximate surface area is 364 Å². The summed E-state index contributed by atoms with van der Waals surface area (Å²) in [6.45, 7) is 33.4. The third kappa shape index (κ3) is 13.6. The van der Waals surface area contributed by atoms with Crippen LogP contribution in [0.15, 0.2) is 101 Å². The summed E-state index contributed by atoms with van der Waals surface area (Å²) in [4.78, 5) is 0. The van der Waals surface area contributed by atoms with Crippen molar-refractivity contribution in [2.24, 2.45) is 106 Å². The summed E-state index contributed by atoms with van der Waals surface area (Å²) in [5.41, 5.74) is 28.2. The average molecular weight is 809 g/mol. The summed E-state index contributed by atoms with van der Waals surface area (Å²) in [5.74, 6) is 7.90. The van der Waals surface area contributed by atoms with Gasteiger partial charge in [0.2, 0.25) is 0 Å². The Morgan fingerprint density at radius 1 is 0.339 bits per heavy atom. The molecule has 4 heteroatoms. The van der Waals surface area contributed by atoms with Gasteiger partial charge < -0.3 is 22.9 Å². The van der Waals surface area contributed by atoms with Crippen molar-refractivity contribution in [1.82, 2.24) is 0 Å². The molecule has 4 aliphatic rings. The Morgan fingerprint density at radius 2 is 0.576 bits per heavy atom. The van der Waals surface area contributed by atoms with Gasteiger partial charge in [-0.15, -0.1) is 52.6 Å². The molecule has 8 N–H and O–H groups in total. The third-order valence-electron chi connectivity index (χ3n) is 16.9. The molecule has 0 spiro atoms. The Hall–Kier alpha value is -2.24. The Bertz CT molecular complexity index is 1240. The normalized spacial score (nSPS) is 38.6. The molecule has 0 aromatic rings. The van der Waals surface area contributed by atoms with E-state index in [0.717, 1.165) is 51.4 Å². The van der Waals surface area contributed by atoms with Crippen molar-refractivity contribution < 1.29 is 0 Å². The minimum absolute atomic E-state index is 0.201.